The van der Waals surface area contributed by atoms with Crippen LogP contribution in [0.5, 0.6) is 11.5 Å². The van der Waals surface area contributed by atoms with Crippen LogP contribution in [0.3, 0.4) is 0 Å². The van der Waals surface area contributed by atoms with Gasteiger partial charge in [0.25, 0.3) is 5.91 Å². The van der Waals surface area contributed by atoms with Crippen LogP contribution in [0.4, 0.5) is 5.69 Å². The van der Waals surface area contributed by atoms with Crippen molar-refractivity contribution in [3.05, 3.63) is 66.2 Å². The molecule has 0 saturated carbocycles. The van der Waals surface area contributed by atoms with Crippen LogP contribution < -0.4 is 10.1 Å². The Balaban J connectivity index is 1.96. The zero-order chi connectivity index (χ0) is 16.8. The number of rotatable bonds is 6. The molecule has 0 aliphatic carbocycles. The number of carboxylic acid groups (broad SMARTS) is 1. The lowest BCUT2D eigenvalue weighted by Gasteiger charge is -2.09. The third-order valence-electron chi connectivity index (χ3n) is 3.05. The van der Waals surface area contributed by atoms with E-state index in [0.717, 1.165) is 11.3 Å². The number of aliphatic carboxylic acids is 1. The van der Waals surface area contributed by atoms with Gasteiger partial charge in [-0.1, -0.05) is 24.3 Å². The van der Waals surface area contributed by atoms with E-state index in [1.165, 1.54) is 0 Å². The average Bonchev–Trinajstić information content (AvgIpc) is 2.51. The minimum Gasteiger partial charge on any atom is -0.481 e. The first kappa shape index (κ1) is 16.3. The molecule has 0 heterocycles. The lowest BCUT2D eigenvalue weighted by atomic mass is 10.2. The van der Waals surface area contributed by atoms with Gasteiger partial charge in [0, 0.05) is 11.3 Å². The molecular formula is C18H17NO4. The molecule has 23 heavy (non-hydrogen) atoms. The van der Waals surface area contributed by atoms with Crippen molar-refractivity contribution in [1.82, 2.24) is 0 Å². The Morgan fingerprint density at radius 3 is 2.09 bits per heavy atom. The molecule has 2 rings (SSSR count). The first-order chi connectivity index (χ1) is 10.9. The van der Waals surface area contributed by atoms with Gasteiger partial charge in [0.15, 0.2) is 0 Å². The zero-order valence-electron chi connectivity index (χ0n) is 12.7. The zero-order valence-corrected chi connectivity index (χ0v) is 12.7. The highest BCUT2D eigenvalue weighted by Gasteiger charge is 2.11. The summed E-state index contributed by atoms with van der Waals surface area (Å²) < 4.78 is 5.69. The van der Waals surface area contributed by atoms with E-state index < -0.39 is 11.9 Å². The Morgan fingerprint density at radius 1 is 1.04 bits per heavy atom. The number of carbonyl (C=O) groups excluding carboxylic acids is 1. The minimum atomic E-state index is -1.09. The number of carboxylic acids is 1. The van der Waals surface area contributed by atoms with E-state index in [4.69, 9.17) is 9.84 Å². The SMILES string of the molecule is C=C(CC(=O)O)C(=O)Nc1ccc(Oc2ccc(C)cc2)cc1. The van der Waals surface area contributed by atoms with Crippen molar-refractivity contribution in [2.75, 3.05) is 5.32 Å². The lowest BCUT2D eigenvalue weighted by Crippen LogP contribution is -2.15. The second-order valence-corrected chi connectivity index (χ2v) is 5.07. The second-order valence-electron chi connectivity index (χ2n) is 5.07. The van der Waals surface area contributed by atoms with E-state index in [9.17, 15) is 9.59 Å². The molecule has 0 aromatic heterocycles. The van der Waals surface area contributed by atoms with E-state index in [0.29, 0.717) is 11.4 Å². The standard InChI is InChI=1S/C18H17NO4/c1-12-3-7-15(8-4-12)23-16-9-5-14(6-10-16)19-18(22)13(2)11-17(20)21/h3-10H,2,11H2,1H3,(H,19,22)(H,20,21). The Kier molecular flexibility index (Phi) is 5.15. The summed E-state index contributed by atoms with van der Waals surface area (Å²) >= 11 is 0. The van der Waals surface area contributed by atoms with Gasteiger partial charge >= 0.3 is 5.97 Å². The number of hydrogen-bond donors (Lipinski definition) is 2. The fourth-order valence-electron chi connectivity index (χ4n) is 1.83. The summed E-state index contributed by atoms with van der Waals surface area (Å²) in [6, 6.07) is 14.5. The van der Waals surface area contributed by atoms with E-state index in [2.05, 4.69) is 11.9 Å². The van der Waals surface area contributed by atoms with Crippen LogP contribution in [-0.4, -0.2) is 17.0 Å². The maximum absolute atomic E-state index is 11.8. The normalized spacial score (nSPS) is 9.96. The van der Waals surface area contributed by atoms with Crippen LogP contribution in [0.15, 0.2) is 60.7 Å². The number of benzene rings is 2. The summed E-state index contributed by atoms with van der Waals surface area (Å²) in [6.45, 7) is 5.45. The van der Waals surface area contributed by atoms with Gasteiger partial charge in [-0.15, -0.1) is 0 Å². The molecule has 5 heteroatoms. The molecule has 1 amide bonds. The van der Waals surface area contributed by atoms with Gasteiger partial charge in [-0.2, -0.15) is 0 Å². The van der Waals surface area contributed by atoms with Crippen LogP contribution in [0.1, 0.15) is 12.0 Å². The van der Waals surface area contributed by atoms with Gasteiger partial charge in [-0.05, 0) is 43.3 Å². The number of ether oxygens (including phenoxy) is 1. The Labute approximate surface area is 134 Å². The third-order valence-corrected chi connectivity index (χ3v) is 3.05. The summed E-state index contributed by atoms with van der Waals surface area (Å²) in [4.78, 5) is 22.3. The van der Waals surface area contributed by atoms with Crippen molar-refractivity contribution >= 4 is 17.6 Å². The van der Waals surface area contributed by atoms with Crippen LogP contribution in [-0.2, 0) is 9.59 Å². The molecule has 2 aromatic carbocycles. The Bertz CT molecular complexity index is 718. The molecule has 0 radical (unpaired) electrons. The van der Waals surface area contributed by atoms with E-state index in [-0.39, 0.29) is 12.0 Å². The third kappa shape index (κ3) is 5.00. The highest BCUT2D eigenvalue weighted by atomic mass is 16.5. The molecule has 2 N–H and O–H groups in total. The minimum absolute atomic E-state index is 0.00233. The topological polar surface area (TPSA) is 75.6 Å². The Hall–Kier alpha value is -3.08. The fourth-order valence-corrected chi connectivity index (χ4v) is 1.83. The maximum Gasteiger partial charge on any atom is 0.308 e. The molecule has 0 spiro atoms. The molecule has 118 valence electrons. The first-order valence-electron chi connectivity index (χ1n) is 6.99. The summed E-state index contributed by atoms with van der Waals surface area (Å²) in [7, 11) is 0. The molecule has 0 saturated heterocycles. The fraction of sp³-hybridized carbons (Fsp3) is 0.111. The molecule has 0 aliphatic rings. The number of anilines is 1. The van der Waals surface area contributed by atoms with Crippen LogP contribution in [0.25, 0.3) is 0 Å². The highest BCUT2D eigenvalue weighted by molar-refractivity contribution is 6.05. The monoisotopic (exact) mass is 311 g/mol. The second kappa shape index (κ2) is 7.26. The quantitative estimate of drug-likeness (QED) is 0.797. The number of hydrogen-bond acceptors (Lipinski definition) is 3. The van der Waals surface area contributed by atoms with Crippen LogP contribution in [0.2, 0.25) is 0 Å². The summed E-state index contributed by atoms with van der Waals surface area (Å²) in [6.07, 6.45) is -0.388. The van der Waals surface area contributed by atoms with Gasteiger partial charge in [-0.3, -0.25) is 9.59 Å². The molecule has 0 bridgehead atoms. The Morgan fingerprint density at radius 2 is 1.57 bits per heavy atom. The predicted molar refractivity (Wildman–Crippen MR) is 87.7 cm³/mol. The first-order valence-corrected chi connectivity index (χ1v) is 6.99. The molecule has 0 aliphatic heterocycles. The van der Waals surface area contributed by atoms with Gasteiger partial charge in [0.05, 0.1) is 6.42 Å². The maximum atomic E-state index is 11.8. The molecule has 5 nitrogen and oxygen atoms in total. The molecule has 2 aromatic rings. The van der Waals surface area contributed by atoms with E-state index in [1.54, 1.807) is 24.3 Å². The molecule has 0 atom stereocenters. The molecule has 0 unspecified atom stereocenters. The van der Waals surface area contributed by atoms with Gasteiger partial charge in [-0.25, -0.2) is 0 Å². The molecule has 0 fully saturated rings. The van der Waals surface area contributed by atoms with Gasteiger partial charge in [0.2, 0.25) is 0 Å². The summed E-state index contributed by atoms with van der Waals surface area (Å²) in [5, 5.41) is 11.2. The number of carbonyl (C=O) groups is 2. The van der Waals surface area contributed by atoms with Gasteiger partial charge < -0.3 is 15.2 Å². The smallest absolute Gasteiger partial charge is 0.308 e. The van der Waals surface area contributed by atoms with Crippen molar-refractivity contribution in [1.29, 1.82) is 0 Å². The van der Waals surface area contributed by atoms with Crippen LogP contribution >= 0.6 is 0 Å². The average molecular weight is 311 g/mol. The van der Waals surface area contributed by atoms with Crippen molar-refractivity contribution in [2.45, 2.75) is 13.3 Å². The van der Waals surface area contributed by atoms with Crippen molar-refractivity contribution in [3.8, 4) is 11.5 Å². The van der Waals surface area contributed by atoms with Crippen LogP contribution in [0, 0.1) is 6.92 Å². The number of aryl methyl sites for hydroxylation is 1. The van der Waals surface area contributed by atoms with Crippen molar-refractivity contribution in [3.63, 3.8) is 0 Å². The molecular weight excluding hydrogens is 294 g/mol. The largest absolute Gasteiger partial charge is 0.481 e. The van der Waals surface area contributed by atoms with Gasteiger partial charge in [0.1, 0.15) is 11.5 Å². The predicted octanol–water partition coefficient (Wildman–Crippen LogP) is 3.76. The number of nitrogens with one attached hydrogen (secondary N) is 1. The van der Waals surface area contributed by atoms with E-state index >= 15 is 0 Å². The summed E-state index contributed by atoms with van der Waals surface area (Å²) in [5.74, 6) is -0.245. The lowest BCUT2D eigenvalue weighted by molar-refractivity contribution is -0.136. The number of amides is 1. The van der Waals surface area contributed by atoms with E-state index in [1.807, 2.05) is 31.2 Å². The van der Waals surface area contributed by atoms with Crippen molar-refractivity contribution < 1.29 is 19.4 Å². The highest BCUT2D eigenvalue weighted by Crippen LogP contribution is 2.23. The summed E-state index contributed by atoms with van der Waals surface area (Å²) in [5.41, 5.74) is 1.69. The van der Waals surface area contributed by atoms with Crippen molar-refractivity contribution in [2.24, 2.45) is 0 Å².